The molecule has 1 heterocycles. The molecule has 2 N–H and O–H groups in total. The fourth-order valence-electron chi connectivity index (χ4n) is 3.06. The standard InChI is InChI=1S/C20H33FN4O2/c1-20(2,3)18(26-5)14-24-19(22-4)23-13-15-6-7-17(16(21)12-15)25-8-10-27-11-9-25/h6-7,12,18H,8-11,13-14H2,1-5H3,(H2,22,23,24). The van der Waals surface area contributed by atoms with Gasteiger partial charge in [-0.05, 0) is 23.1 Å². The largest absolute Gasteiger partial charge is 0.379 e. The molecular formula is C20H33FN4O2. The van der Waals surface area contributed by atoms with Crippen LogP contribution in [0.2, 0.25) is 0 Å². The average molecular weight is 381 g/mol. The molecule has 1 atom stereocenters. The Balaban J connectivity index is 1.89. The van der Waals surface area contributed by atoms with Gasteiger partial charge in [-0.25, -0.2) is 4.39 Å². The van der Waals surface area contributed by atoms with Crippen LogP contribution in [0.1, 0.15) is 26.3 Å². The number of methoxy groups -OCH3 is 1. The van der Waals surface area contributed by atoms with Crippen molar-refractivity contribution in [2.45, 2.75) is 33.4 Å². The molecule has 1 saturated heterocycles. The lowest BCUT2D eigenvalue weighted by atomic mass is 9.89. The van der Waals surface area contributed by atoms with Crippen LogP contribution in [0.25, 0.3) is 0 Å². The summed E-state index contributed by atoms with van der Waals surface area (Å²) < 4.78 is 25.4. The number of halogens is 1. The first kappa shape index (κ1) is 21.4. The molecule has 0 spiro atoms. The van der Waals surface area contributed by atoms with Gasteiger partial charge in [0.2, 0.25) is 0 Å². The summed E-state index contributed by atoms with van der Waals surface area (Å²) >= 11 is 0. The Hall–Kier alpha value is -1.86. The van der Waals surface area contributed by atoms with Crippen LogP contribution in [-0.4, -0.2) is 59.1 Å². The van der Waals surface area contributed by atoms with E-state index in [1.54, 1.807) is 20.2 Å². The predicted octanol–water partition coefficient (Wildman–Crippen LogP) is 2.39. The molecule has 152 valence electrons. The predicted molar refractivity (Wildman–Crippen MR) is 108 cm³/mol. The van der Waals surface area contributed by atoms with E-state index in [0.29, 0.717) is 38.0 Å². The molecule has 0 amide bonds. The minimum absolute atomic E-state index is 0.0268. The van der Waals surface area contributed by atoms with E-state index in [1.165, 1.54) is 0 Å². The first-order valence-corrected chi connectivity index (χ1v) is 9.43. The van der Waals surface area contributed by atoms with Gasteiger partial charge in [-0.1, -0.05) is 26.8 Å². The molecule has 1 aromatic rings. The van der Waals surface area contributed by atoms with Crippen molar-refractivity contribution >= 4 is 11.6 Å². The van der Waals surface area contributed by atoms with E-state index >= 15 is 0 Å². The van der Waals surface area contributed by atoms with Gasteiger partial charge in [-0.2, -0.15) is 0 Å². The normalized spacial score (nSPS) is 17.0. The fourth-order valence-corrected chi connectivity index (χ4v) is 3.06. The van der Waals surface area contributed by atoms with Gasteiger partial charge in [0, 0.05) is 40.3 Å². The van der Waals surface area contributed by atoms with Gasteiger partial charge in [0.05, 0.1) is 25.0 Å². The third kappa shape index (κ3) is 6.36. The highest BCUT2D eigenvalue weighted by molar-refractivity contribution is 5.79. The number of hydrogen-bond acceptors (Lipinski definition) is 4. The lowest BCUT2D eigenvalue weighted by molar-refractivity contribution is 0.0205. The Kier molecular flexibility index (Phi) is 7.86. The van der Waals surface area contributed by atoms with Gasteiger partial charge >= 0.3 is 0 Å². The lowest BCUT2D eigenvalue weighted by Crippen LogP contribution is -2.45. The van der Waals surface area contributed by atoms with Gasteiger partial charge in [0.15, 0.2) is 5.96 Å². The second kappa shape index (κ2) is 9.90. The number of hydrogen-bond donors (Lipinski definition) is 2. The Morgan fingerprint density at radius 3 is 2.56 bits per heavy atom. The van der Waals surface area contributed by atoms with E-state index in [-0.39, 0.29) is 17.3 Å². The molecule has 0 aromatic heterocycles. The summed E-state index contributed by atoms with van der Waals surface area (Å²) in [6.45, 7) is 10.3. The zero-order valence-corrected chi connectivity index (χ0v) is 17.1. The van der Waals surface area contributed by atoms with Crippen molar-refractivity contribution in [2.75, 3.05) is 51.9 Å². The number of nitrogens with one attached hydrogen (secondary N) is 2. The molecular weight excluding hydrogens is 347 g/mol. The Morgan fingerprint density at radius 1 is 1.30 bits per heavy atom. The molecule has 7 heteroatoms. The Bertz CT molecular complexity index is 625. The van der Waals surface area contributed by atoms with Crippen LogP contribution in [0.4, 0.5) is 10.1 Å². The van der Waals surface area contributed by atoms with Gasteiger partial charge in [0.1, 0.15) is 5.82 Å². The molecule has 1 aromatic carbocycles. The topological polar surface area (TPSA) is 58.1 Å². The van der Waals surface area contributed by atoms with E-state index in [4.69, 9.17) is 9.47 Å². The number of aliphatic imine (C=N–C) groups is 1. The molecule has 0 aliphatic carbocycles. The van der Waals surface area contributed by atoms with Crippen LogP contribution in [0.15, 0.2) is 23.2 Å². The fraction of sp³-hybridized carbons (Fsp3) is 0.650. The number of rotatable bonds is 6. The van der Waals surface area contributed by atoms with Crippen molar-refractivity contribution in [3.63, 3.8) is 0 Å². The zero-order valence-electron chi connectivity index (χ0n) is 17.1. The highest BCUT2D eigenvalue weighted by Gasteiger charge is 2.24. The minimum Gasteiger partial charge on any atom is -0.379 e. The number of nitrogens with zero attached hydrogens (tertiary/aromatic N) is 2. The van der Waals surface area contributed by atoms with E-state index in [2.05, 4.69) is 36.4 Å². The molecule has 0 saturated carbocycles. The molecule has 1 aliphatic rings. The summed E-state index contributed by atoms with van der Waals surface area (Å²) in [6.07, 6.45) is 0.0568. The average Bonchev–Trinajstić information content (AvgIpc) is 2.64. The van der Waals surface area contributed by atoms with Crippen molar-refractivity contribution in [2.24, 2.45) is 10.4 Å². The first-order valence-electron chi connectivity index (χ1n) is 9.43. The molecule has 27 heavy (non-hydrogen) atoms. The molecule has 0 bridgehead atoms. The Labute approximate surface area is 162 Å². The molecule has 1 fully saturated rings. The van der Waals surface area contributed by atoms with Gasteiger partial charge < -0.3 is 25.0 Å². The SMILES string of the molecule is CN=C(NCc1ccc(N2CCOCC2)c(F)c1)NCC(OC)C(C)(C)C. The zero-order chi connectivity index (χ0) is 19.9. The smallest absolute Gasteiger partial charge is 0.191 e. The van der Waals surface area contributed by atoms with Crippen LogP contribution in [-0.2, 0) is 16.0 Å². The van der Waals surface area contributed by atoms with Crippen LogP contribution in [0.3, 0.4) is 0 Å². The van der Waals surface area contributed by atoms with Crippen molar-refractivity contribution in [3.8, 4) is 0 Å². The number of benzene rings is 1. The molecule has 1 unspecified atom stereocenters. The van der Waals surface area contributed by atoms with Crippen LogP contribution in [0.5, 0.6) is 0 Å². The monoisotopic (exact) mass is 380 g/mol. The second-order valence-electron chi connectivity index (χ2n) is 7.78. The van der Waals surface area contributed by atoms with E-state index in [0.717, 1.165) is 18.7 Å². The maximum atomic E-state index is 14.5. The highest BCUT2D eigenvalue weighted by atomic mass is 19.1. The van der Waals surface area contributed by atoms with Crippen molar-refractivity contribution in [1.82, 2.24) is 10.6 Å². The number of ether oxygens (including phenoxy) is 2. The molecule has 0 radical (unpaired) electrons. The minimum atomic E-state index is -0.202. The van der Waals surface area contributed by atoms with Crippen LogP contribution < -0.4 is 15.5 Å². The summed E-state index contributed by atoms with van der Waals surface area (Å²) in [4.78, 5) is 6.25. The van der Waals surface area contributed by atoms with Gasteiger partial charge in [-0.3, -0.25) is 4.99 Å². The number of morpholine rings is 1. The first-order chi connectivity index (χ1) is 12.8. The summed E-state index contributed by atoms with van der Waals surface area (Å²) in [7, 11) is 3.43. The number of guanidine groups is 1. The number of anilines is 1. The second-order valence-corrected chi connectivity index (χ2v) is 7.78. The maximum Gasteiger partial charge on any atom is 0.191 e. The van der Waals surface area contributed by atoms with E-state index in [1.807, 2.05) is 17.0 Å². The third-order valence-corrected chi connectivity index (χ3v) is 4.75. The Morgan fingerprint density at radius 2 is 2.00 bits per heavy atom. The van der Waals surface area contributed by atoms with Crippen molar-refractivity contribution in [3.05, 3.63) is 29.6 Å². The van der Waals surface area contributed by atoms with Crippen molar-refractivity contribution < 1.29 is 13.9 Å². The van der Waals surface area contributed by atoms with Crippen molar-refractivity contribution in [1.29, 1.82) is 0 Å². The maximum absolute atomic E-state index is 14.5. The summed E-state index contributed by atoms with van der Waals surface area (Å²) in [5, 5.41) is 6.50. The highest BCUT2D eigenvalue weighted by Crippen LogP contribution is 2.22. The molecule has 6 nitrogen and oxygen atoms in total. The summed E-state index contributed by atoms with van der Waals surface area (Å²) in [5.41, 5.74) is 1.53. The summed E-state index contributed by atoms with van der Waals surface area (Å²) in [5.74, 6) is 0.463. The van der Waals surface area contributed by atoms with Crippen LogP contribution in [0, 0.1) is 11.2 Å². The summed E-state index contributed by atoms with van der Waals surface area (Å²) in [6, 6.07) is 5.37. The van der Waals surface area contributed by atoms with Gasteiger partial charge in [0.25, 0.3) is 0 Å². The van der Waals surface area contributed by atoms with E-state index in [9.17, 15) is 4.39 Å². The van der Waals surface area contributed by atoms with Crippen LogP contribution >= 0.6 is 0 Å². The lowest BCUT2D eigenvalue weighted by Gasteiger charge is -2.30. The third-order valence-electron chi connectivity index (χ3n) is 4.75. The van der Waals surface area contributed by atoms with Gasteiger partial charge in [-0.15, -0.1) is 0 Å². The van der Waals surface area contributed by atoms with E-state index < -0.39 is 0 Å². The molecule has 2 rings (SSSR count). The quantitative estimate of drug-likeness (QED) is 0.586. The molecule has 1 aliphatic heterocycles.